The molecule has 84 valence electrons. The first-order valence-electron chi connectivity index (χ1n) is 5.27. The van der Waals surface area contributed by atoms with E-state index in [1.54, 1.807) is 0 Å². The Labute approximate surface area is 102 Å². The van der Waals surface area contributed by atoms with Gasteiger partial charge in [0.2, 0.25) is 0 Å². The van der Waals surface area contributed by atoms with Gasteiger partial charge in [0.15, 0.2) is 0 Å². The van der Waals surface area contributed by atoms with Crippen LogP contribution in [0.4, 0.5) is 5.82 Å². The van der Waals surface area contributed by atoms with Crippen LogP contribution in [0.3, 0.4) is 0 Å². The lowest BCUT2D eigenvalue weighted by Crippen LogP contribution is -2.21. The Balaban J connectivity index is 2.24. The van der Waals surface area contributed by atoms with E-state index in [4.69, 9.17) is 0 Å². The van der Waals surface area contributed by atoms with Crippen molar-refractivity contribution in [2.45, 2.75) is 31.7 Å². The van der Waals surface area contributed by atoms with Crippen molar-refractivity contribution in [3.05, 3.63) is 22.2 Å². The minimum absolute atomic E-state index is 0.347. The highest BCUT2D eigenvalue weighted by Gasteiger charge is 2.16. The number of nitrogens with one attached hydrogen (secondary N) is 2. The van der Waals surface area contributed by atoms with Gasteiger partial charge in [0.1, 0.15) is 5.82 Å². The lowest BCUT2D eigenvalue weighted by molar-refractivity contribution is 0.748. The average Bonchev–Trinajstić information content (AvgIpc) is 2.75. The van der Waals surface area contributed by atoms with Crippen molar-refractivity contribution in [2.24, 2.45) is 0 Å². The molecule has 0 amide bonds. The molecular formula is C11H12BrN3O. The molecule has 0 unspecified atom stereocenters. The molecule has 2 N–H and O–H groups in total. The highest BCUT2D eigenvalue weighted by molar-refractivity contribution is 9.12. The molecule has 1 aliphatic carbocycles. The zero-order valence-corrected chi connectivity index (χ0v) is 10.3. The largest absolute Gasteiger partial charge is 0.368 e. The van der Waals surface area contributed by atoms with Gasteiger partial charge in [-0.1, -0.05) is 12.8 Å². The minimum atomic E-state index is -0.347. The van der Waals surface area contributed by atoms with Gasteiger partial charge in [-0.2, -0.15) is 0 Å². The normalized spacial score (nSPS) is 15.6. The molecule has 1 aliphatic rings. The summed E-state index contributed by atoms with van der Waals surface area (Å²) < 4.78 is 0. The molecule has 4 nitrogen and oxygen atoms in total. The van der Waals surface area contributed by atoms with E-state index in [0.29, 0.717) is 17.4 Å². The predicted octanol–water partition coefficient (Wildman–Crippen LogP) is 1.83. The first kappa shape index (κ1) is 11.2. The van der Waals surface area contributed by atoms with Crippen LogP contribution in [0, 0.1) is 10.8 Å². The van der Waals surface area contributed by atoms with E-state index in [2.05, 4.69) is 42.0 Å². The van der Waals surface area contributed by atoms with Gasteiger partial charge in [0, 0.05) is 22.0 Å². The molecule has 0 aliphatic heterocycles. The summed E-state index contributed by atoms with van der Waals surface area (Å²) in [5.74, 6) is 3.53. The van der Waals surface area contributed by atoms with Gasteiger partial charge in [-0.05, 0) is 23.6 Å². The monoisotopic (exact) mass is 281 g/mol. The number of rotatable bonds is 2. The molecule has 1 fully saturated rings. The molecule has 0 aromatic carbocycles. The van der Waals surface area contributed by atoms with Crippen molar-refractivity contribution in [3.8, 4) is 10.8 Å². The number of hydrogen-bond donors (Lipinski definition) is 2. The summed E-state index contributed by atoms with van der Waals surface area (Å²) >= 11 is 3.04. The molecular weight excluding hydrogens is 270 g/mol. The van der Waals surface area contributed by atoms with Crippen LogP contribution in [0.15, 0.2) is 11.0 Å². The maximum atomic E-state index is 11.2. The summed E-state index contributed by atoms with van der Waals surface area (Å²) in [7, 11) is 0. The summed E-state index contributed by atoms with van der Waals surface area (Å²) in [6.07, 6.45) is 6.26. The molecule has 1 heterocycles. The van der Waals surface area contributed by atoms with Gasteiger partial charge in [0.05, 0.1) is 11.8 Å². The third-order valence-corrected chi connectivity index (χ3v) is 2.90. The number of nitrogens with zero attached hydrogens (tertiary/aromatic N) is 1. The highest BCUT2D eigenvalue weighted by Crippen LogP contribution is 2.22. The summed E-state index contributed by atoms with van der Waals surface area (Å²) in [5.41, 5.74) is 0.365. The van der Waals surface area contributed by atoms with E-state index in [1.165, 1.54) is 19.0 Å². The van der Waals surface area contributed by atoms with Crippen LogP contribution in [-0.2, 0) is 0 Å². The molecule has 0 spiro atoms. The van der Waals surface area contributed by atoms with E-state index < -0.39 is 0 Å². The highest BCUT2D eigenvalue weighted by atomic mass is 79.9. The molecule has 1 aromatic heterocycles. The lowest BCUT2D eigenvalue weighted by Gasteiger charge is -2.13. The summed E-state index contributed by atoms with van der Waals surface area (Å²) in [4.78, 5) is 20.1. The SMILES string of the molecule is O=c1ncc(C#CBr)c(NC2CCCC2)[nH]1. The fraction of sp³-hybridized carbons (Fsp3) is 0.455. The van der Waals surface area contributed by atoms with Crippen LogP contribution in [0.5, 0.6) is 0 Å². The Morgan fingerprint density at radius 1 is 1.50 bits per heavy atom. The first-order valence-corrected chi connectivity index (χ1v) is 6.06. The Morgan fingerprint density at radius 3 is 2.94 bits per heavy atom. The average molecular weight is 282 g/mol. The molecule has 1 saturated carbocycles. The molecule has 5 heteroatoms. The molecule has 0 bridgehead atoms. The third kappa shape index (κ3) is 2.64. The maximum absolute atomic E-state index is 11.2. The summed E-state index contributed by atoms with van der Waals surface area (Å²) in [5, 5.41) is 3.32. The zero-order valence-electron chi connectivity index (χ0n) is 8.72. The fourth-order valence-corrected chi connectivity index (χ4v) is 2.14. The van der Waals surface area contributed by atoms with Crippen LogP contribution in [0.25, 0.3) is 0 Å². The first-order chi connectivity index (χ1) is 7.79. The molecule has 0 atom stereocenters. The maximum Gasteiger partial charge on any atom is 0.346 e. The van der Waals surface area contributed by atoms with Crippen molar-refractivity contribution < 1.29 is 0 Å². The number of anilines is 1. The summed E-state index contributed by atoms with van der Waals surface area (Å²) in [6, 6.07) is 0.439. The van der Waals surface area contributed by atoms with Crippen molar-refractivity contribution in [3.63, 3.8) is 0 Å². The van der Waals surface area contributed by atoms with Crippen molar-refractivity contribution in [1.29, 1.82) is 0 Å². The van der Waals surface area contributed by atoms with Crippen LogP contribution in [-0.4, -0.2) is 16.0 Å². The Hall–Kier alpha value is -1.28. The quantitative estimate of drug-likeness (QED) is 0.814. The van der Waals surface area contributed by atoms with Crippen LogP contribution in [0.1, 0.15) is 31.2 Å². The fourth-order valence-electron chi connectivity index (χ4n) is 1.93. The van der Waals surface area contributed by atoms with Gasteiger partial charge in [-0.25, -0.2) is 9.78 Å². The molecule has 0 saturated heterocycles. The number of aromatic nitrogens is 2. The number of aromatic amines is 1. The molecule has 0 radical (unpaired) electrons. The van der Waals surface area contributed by atoms with Gasteiger partial charge in [0.25, 0.3) is 0 Å². The number of hydrogen-bond acceptors (Lipinski definition) is 3. The minimum Gasteiger partial charge on any atom is -0.368 e. The van der Waals surface area contributed by atoms with Gasteiger partial charge in [-0.15, -0.1) is 0 Å². The molecule has 1 aromatic rings. The second-order valence-electron chi connectivity index (χ2n) is 3.82. The zero-order chi connectivity index (χ0) is 11.4. The summed E-state index contributed by atoms with van der Waals surface area (Å²) in [6.45, 7) is 0. The Morgan fingerprint density at radius 2 is 2.25 bits per heavy atom. The van der Waals surface area contributed by atoms with Gasteiger partial charge < -0.3 is 5.32 Å². The lowest BCUT2D eigenvalue weighted by atomic mass is 10.2. The topological polar surface area (TPSA) is 57.8 Å². The number of H-pyrrole nitrogens is 1. The van der Waals surface area contributed by atoms with E-state index in [0.717, 1.165) is 12.8 Å². The number of halogens is 1. The predicted molar refractivity (Wildman–Crippen MR) is 66.5 cm³/mol. The van der Waals surface area contributed by atoms with Crippen LogP contribution in [0.2, 0.25) is 0 Å². The van der Waals surface area contributed by atoms with E-state index in [1.807, 2.05) is 0 Å². The molecule has 2 rings (SSSR count). The smallest absolute Gasteiger partial charge is 0.346 e. The van der Waals surface area contributed by atoms with E-state index in [-0.39, 0.29) is 5.69 Å². The van der Waals surface area contributed by atoms with E-state index >= 15 is 0 Å². The second-order valence-corrected chi connectivity index (χ2v) is 4.22. The van der Waals surface area contributed by atoms with Gasteiger partial charge in [-0.3, -0.25) is 4.98 Å². The standard InChI is InChI=1S/C11H12BrN3O/c12-6-5-8-7-13-11(16)15-10(8)14-9-3-1-2-4-9/h7,9H,1-4H2,(H2,13,14,15,16). The van der Waals surface area contributed by atoms with E-state index in [9.17, 15) is 4.79 Å². The Kier molecular flexibility index (Phi) is 3.62. The second kappa shape index (κ2) is 5.17. The molecule has 16 heavy (non-hydrogen) atoms. The Bertz CT molecular complexity index is 480. The van der Waals surface area contributed by atoms with Crippen LogP contribution >= 0.6 is 15.9 Å². The van der Waals surface area contributed by atoms with Gasteiger partial charge >= 0.3 is 5.69 Å². The third-order valence-electron chi connectivity index (χ3n) is 2.70. The van der Waals surface area contributed by atoms with Crippen molar-refractivity contribution >= 4 is 21.7 Å². The van der Waals surface area contributed by atoms with Crippen molar-refractivity contribution in [2.75, 3.05) is 5.32 Å². The van der Waals surface area contributed by atoms with Crippen LogP contribution < -0.4 is 11.0 Å². The van der Waals surface area contributed by atoms with Crippen molar-refractivity contribution in [1.82, 2.24) is 9.97 Å².